The van der Waals surface area contributed by atoms with Crippen molar-refractivity contribution in [2.45, 2.75) is 38.6 Å². The lowest BCUT2D eigenvalue weighted by Crippen LogP contribution is -2.54. The SMILES string of the molecule is CC(O)c1cccc(F)c1N1CC(CO)OC(C)(C)C1. The van der Waals surface area contributed by atoms with Crippen LogP contribution in [0.4, 0.5) is 10.1 Å². The lowest BCUT2D eigenvalue weighted by molar-refractivity contribution is -0.101. The fraction of sp³-hybridized carbons (Fsp3) is 0.600. The molecule has 0 radical (unpaired) electrons. The number of hydrogen-bond donors (Lipinski definition) is 2. The van der Waals surface area contributed by atoms with E-state index in [-0.39, 0.29) is 18.5 Å². The first-order valence-corrected chi connectivity index (χ1v) is 6.84. The minimum Gasteiger partial charge on any atom is -0.394 e. The van der Waals surface area contributed by atoms with Gasteiger partial charge in [-0.1, -0.05) is 12.1 Å². The molecule has 0 saturated carbocycles. The molecule has 1 fully saturated rings. The molecule has 4 nitrogen and oxygen atoms in total. The van der Waals surface area contributed by atoms with Crippen LogP contribution in [0.1, 0.15) is 32.4 Å². The van der Waals surface area contributed by atoms with Gasteiger partial charge in [0.15, 0.2) is 0 Å². The number of morpholine rings is 1. The lowest BCUT2D eigenvalue weighted by atomic mass is 10.0. The van der Waals surface area contributed by atoms with Crippen molar-refractivity contribution in [1.29, 1.82) is 0 Å². The summed E-state index contributed by atoms with van der Waals surface area (Å²) < 4.78 is 20.0. The van der Waals surface area contributed by atoms with Crippen LogP contribution in [0.2, 0.25) is 0 Å². The zero-order valence-electron chi connectivity index (χ0n) is 12.1. The van der Waals surface area contributed by atoms with E-state index in [9.17, 15) is 14.6 Å². The largest absolute Gasteiger partial charge is 0.394 e. The van der Waals surface area contributed by atoms with Gasteiger partial charge in [-0.25, -0.2) is 4.39 Å². The van der Waals surface area contributed by atoms with Gasteiger partial charge in [0.1, 0.15) is 5.82 Å². The normalized spacial score (nSPS) is 23.7. The third-order valence-corrected chi connectivity index (χ3v) is 3.47. The zero-order valence-corrected chi connectivity index (χ0v) is 12.1. The molecular weight excluding hydrogens is 261 g/mol. The van der Waals surface area contributed by atoms with Crippen LogP contribution in [0, 0.1) is 5.82 Å². The molecule has 1 aliphatic rings. The first kappa shape index (κ1) is 15.2. The van der Waals surface area contributed by atoms with Crippen molar-refractivity contribution >= 4 is 5.69 Å². The van der Waals surface area contributed by atoms with Crippen LogP contribution in [0.5, 0.6) is 0 Å². The van der Waals surface area contributed by atoms with Gasteiger partial charge in [-0.05, 0) is 26.8 Å². The van der Waals surface area contributed by atoms with Gasteiger partial charge in [0.25, 0.3) is 0 Å². The van der Waals surface area contributed by atoms with Gasteiger partial charge in [-0.3, -0.25) is 0 Å². The van der Waals surface area contributed by atoms with Crippen LogP contribution in [0.25, 0.3) is 0 Å². The molecule has 2 unspecified atom stereocenters. The Bertz CT molecular complexity index is 476. The smallest absolute Gasteiger partial charge is 0.146 e. The summed E-state index contributed by atoms with van der Waals surface area (Å²) in [5.74, 6) is -0.363. The van der Waals surface area contributed by atoms with Crippen molar-refractivity contribution < 1.29 is 19.3 Å². The third-order valence-electron chi connectivity index (χ3n) is 3.47. The maximum atomic E-state index is 14.2. The van der Waals surface area contributed by atoms with Crippen LogP contribution in [0.15, 0.2) is 18.2 Å². The Morgan fingerprint density at radius 2 is 2.20 bits per heavy atom. The Hall–Kier alpha value is -1.17. The van der Waals surface area contributed by atoms with E-state index in [1.54, 1.807) is 19.1 Å². The number of aliphatic hydroxyl groups excluding tert-OH is 2. The van der Waals surface area contributed by atoms with Gasteiger partial charge in [-0.15, -0.1) is 0 Å². The molecule has 1 aliphatic heterocycles. The van der Waals surface area contributed by atoms with E-state index in [2.05, 4.69) is 0 Å². The molecule has 0 bridgehead atoms. The molecule has 1 aromatic rings. The van der Waals surface area contributed by atoms with Crippen LogP contribution < -0.4 is 4.90 Å². The maximum Gasteiger partial charge on any atom is 0.146 e. The van der Waals surface area contributed by atoms with Crippen molar-refractivity contribution in [3.63, 3.8) is 0 Å². The minimum atomic E-state index is -0.751. The van der Waals surface area contributed by atoms with Gasteiger partial charge >= 0.3 is 0 Å². The number of nitrogens with zero attached hydrogens (tertiary/aromatic N) is 1. The van der Waals surface area contributed by atoms with Crippen molar-refractivity contribution in [3.8, 4) is 0 Å². The fourth-order valence-electron chi connectivity index (χ4n) is 2.76. The highest BCUT2D eigenvalue weighted by Gasteiger charge is 2.35. The summed E-state index contributed by atoms with van der Waals surface area (Å²) in [5, 5.41) is 19.2. The summed E-state index contributed by atoms with van der Waals surface area (Å²) in [7, 11) is 0. The van der Waals surface area contributed by atoms with E-state index in [1.165, 1.54) is 6.07 Å². The summed E-state index contributed by atoms with van der Waals surface area (Å²) >= 11 is 0. The second-order valence-corrected chi connectivity index (χ2v) is 5.92. The highest BCUT2D eigenvalue weighted by molar-refractivity contribution is 5.56. The number of aliphatic hydroxyl groups is 2. The second kappa shape index (κ2) is 5.68. The van der Waals surface area contributed by atoms with E-state index in [1.807, 2.05) is 18.7 Å². The number of para-hydroxylation sites is 1. The number of benzene rings is 1. The number of ether oxygens (including phenoxy) is 1. The molecule has 0 aromatic heterocycles. The van der Waals surface area contributed by atoms with Crippen molar-refractivity contribution in [1.82, 2.24) is 0 Å². The van der Waals surface area contributed by atoms with Crippen LogP contribution >= 0.6 is 0 Å². The maximum absolute atomic E-state index is 14.2. The molecule has 112 valence electrons. The van der Waals surface area contributed by atoms with E-state index < -0.39 is 11.7 Å². The molecule has 2 N–H and O–H groups in total. The standard InChI is InChI=1S/C15H22FNO3/c1-10(19)12-5-4-6-13(16)14(12)17-7-11(8-18)20-15(2,3)9-17/h4-6,10-11,18-19H,7-9H2,1-3H3. The first-order valence-electron chi connectivity index (χ1n) is 6.84. The van der Waals surface area contributed by atoms with Crippen LogP contribution in [0.3, 0.4) is 0 Å². The molecule has 2 atom stereocenters. The Morgan fingerprint density at radius 1 is 1.50 bits per heavy atom. The summed E-state index contributed by atoms with van der Waals surface area (Å²) in [6.45, 7) is 6.23. The number of hydrogen-bond acceptors (Lipinski definition) is 4. The minimum absolute atomic E-state index is 0.113. The molecular formula is C15H22FNO3. The van der Waals surface area contributed by atoms with Gasteiger partial charge in [0.2, 0.25) is 0 Å². The van der Waals surface area contributed by atoms with Gasteiger partial charge in [0.05, 0.1) is 30.1 Å². The molecule has 0 amide bonds. The van der Waals surface area contributed by atoms with Gasteiger partial charge in [0, 0.05) is 18.7 Å². The van der Waals surface area contributed by atoms with Crippen LogP contribution in [-0.4, -0.2) is 41.6 Å². The Balaban J connectivity index is 2.40. The molecule has 0 aliphatic carbocycles. The van der Waals surface area contributed by atoms with Crippen molar-refractivity contribution in [2.75, 3.05) is 24.6 Å². The van der Waals surface area contributed by atoms with Crippen molar-refractivity contribution in [2.24, 2.45) is 0 Å². The van der Waals surface area contributed by atoms with Gasteiger partial charge < -0.3 is 19.8 Å². The van der Waals surface area contributed by atoms with E-state index >= 15 is 0 Å². The molecule has 2 rings (SSSR count). The van der Waals surface area contributed by atoms with Crippen molar-refractivity contribution in [3.05, 3.63) is 29.6 Å². The molecule has 0 spiro atoms. The van der Waals surface area contributed by atoms with Gasteiger partial charge in [-0.2, -0.15) is 0 Å². The third kappa shape index (κ3) is 3.11. The predicted octanol–water partition coefficient (Wildman–Crippen LogP) is 1.86. The topological polar surface area (TPSA) is 52.9 Å². The van der Waals surface area contributed by atoms with E-state index in [0.29, 0.717) is 24.3 Å². The number of rotatable bonds is 3. The highest BCUT2D eigenvalue weighted by atomic mass is 19.1. The molecule has 5 heteroatoms. The molecule has 1 aromatic carbocycles. The highest BCUT2D eigenvalue weighted by Crippen LogP contribution is 2.33. The Morgan fingerprint density at radius 3 is 2.80 bits per heavy atom. The second-order valence-electron chi connectivity index (χ2n) is 5.92. The monoisotopic (exact) mass is 283 g/mol. The molecule has 1 saturated heterocycles. The number of anilines is 1. The number of halogens is 1. The van der Waals surface area contributed by atoms with E-state index in [0.717, 1.165) is 0 Å². The summed E-state index contributed by atoms with van der Waals surface area (Å²) in [6, 6.07) is 4.70. The predicted molar refractivity (Wildman–Crippen MR) is 75.3 cm³/mol. The fourth-order valence-corrected chi connectivity index (χ4v) is 2.76. The molecule has 20 heavy (non-hydrogen) atoms. The summed E-state index contributed by atoms with van der Waals surface area (Å²) in [4.78, 5) is 1.85. The summed E-state index contributed by atoms with van der Waals surface area (Å²) in [5.41, 5.74) is 0.473. The zero-order chi connectivity index (χ0) is 14.9. The Kier molecular flexibility index (Phi) is 4.32. The van der Waals surface area contributed by atoms with E-state index in [4.69, 9.17) is 4.74 Å². The lowest BCUT2D eigenvalue weighted by Gasteiger charge is -2.44. The Labute approximate surface area is 118 Å². The first-order chi connectivity index (χ1) is 9.34. The average molecular weight is 283 g/mol. The quantitative estimate of drug-likeness (QED) is 0.889. The van der Waals surface area contributed by atoms with Crippen LogP contribution in [-0.2, 0) is 4.74 Å². The molecule has 1 heterocycles. The average Bonchev–Trinajstić information content (AvgIpc) is 2.36. The summed E-state index contributed by atoms with van der Waals surface area (Å²) in [6.07, 6.45) is -1.11.